The van der Waals surface area contributed by atoms with Gasteiger partial charge in [-0.1, -0.05) is 11.8 Å². The van der Waals surface area contributed by atoms with Crippen LogP contribution in [-0.4, -0.2) is 35.0 Å². The highest BCUT2D eigenvalue weighted by atomic mass is 16.6. The molecule has 4 nitrogen and oxygen atoms in total. The molecule has 0 saturated heterocycles. The van der Waals surface area contributed by atoms with Gasteiger partial charge in [0.25, 0.3) is 0 Å². The monoisotopic (exact) mass is 202 g/mol. The van der Waals surface area contributed by atoms with Crippen molar-refractivity contribution in [2.75, 3.05) is 13.6 Å². The summed E-state index contributed by atoms with van der Waals surface area (Å²) in [6.07, 6.45) is 0. The lowest BCUT2D eigenvalue weighted by Gasteiger charge is -2.20. The van der Waals surface area contributed by atoms with E-state index in [1.165, 1.54) is 0 Å². The fourth-order valence-corrected chi connectivity index (χ4v) is 0.696. The summed E-state index contributed by atoms with van der Waals surface area (Å²) >= 11 is 0. The average molecular weight is 202 g/mol. The molecule has 0 unspecified atom stereocenters. The molecule has 14 heavy (non-hydrogen) atoms. The molecule has 0 saturated carbocycles. The zero-order valence-electron chi connectivity index (χ0n) is 9.13. The van der Waals surface area contributed by atoms with E-state index in [0.29, 0.717) is 0 Å². The van der Waals surface area contributed by atoms with Gasteiger partial charge in [0, 0.05) is 0 Å². The molecule has 0 atom stereocenters. The molecular formula is C10H18O4. The Morgan fingerprint density at radius 1 is 0.857 bits per heavy atom. The minimum Gasteiger partial charge on any atom is -0.371 e. The lowest BCUT2D eigenvalue weighted by molar-refractivity contribution is -0.0740. The summed E-state index contributed by atoms with van der Waals surface area (Å²) in [5.74, 6) is 5.63. The van der Waals surface area contributed by atoms with Gasteiger partial charge in [-0.25, -0.2) is 0 Å². The van der Waals surface area contributed by atoms with Crippen LogP contribution in [0.15, 0.2) is 0 Å². The average Bonchev–Trinajstić information content (AvgIpc) is 2.01. The maximum Gasteiger partial charge on any atom is 0.145 e. The largest absolute Gasteiger partial charge is 0.371 e. The van der Waals surface area contributed by atoms with Crippen molar-refractivity contribution in [3.63, 3.8) is 0 Å². The molecule has 4 heteroatoms. The van der Waals surface area contributed by atoms with Gasteiger partial charge in [0.1, 0.15) is 24.8 Å². The van der Waals surface area contributed by atoms with E-state index in [-0.39, 0.29) is 13.6 Å². The highest BCUT2D eigenvalue weighted by molar-refractivity contribution is 5.18. The first-order chi connectivity index (χ1) is 6.33. The van der Waals surface area contributed by atoms with Crippen molar-refractivity contribution in [2.24, 2.45) is 0 Å². The standard InChI is InChI=1S/C10H18O4/c1-9(2,13-7-11)5-6-10(3,4)14-8-12/h11-12H,7-8H2,1-4H3. The molecule has 0 fully saturated rings. The van der Waals surface area contributed by atoms with Gasteiger partial charge >= 0.3 is 0 Å². The number of ether oxygens (including phenoxy) is 2. The Balaban J connectivity index is 4.39. The fourth-order valence-electron chi connectivity index (χ4n) is 0.696. The highest BCUT2D eigenvalue weighted by Gasteiger charge is 2.18. The van der Waals surface area contributed by atoms with E-state index in [1.54, 1.807) is 27.7 Å². The molecule has 0 aromatic heterocycles. The Bertz CT molecular complexity index is 200. The number of aliphatic hydroxyl groups excluding tert-OH is 2. The lowest BCUT2D eigenvalue weighted by atomic mass is 10.1. The van der Waals surface area contributed by atoms with E-state index in [4.69, 9.17) is 19.7 Å². The van der Waals surface area contributed by atoms with Crippen molar-refractivity contribution in [3.05, 3.63) is 0 Å². The van der Waals surface area contributed by atoms with E-state index in [9.17, 15) is 0 Å². The van der Waals surface area contributed by atoms with Gasteiger partial charge in [-0.15, -0.1) is 0 Å². The summed E-state index contributed by atoms with van der Waals surface area (Å²) in [4.78, 5) is 0. The van der Waals surface area contributed by atoms with Crippen molar-refractivity contribution in [1.29, 1.82) is 0 Å². The number of aliphatic hydroxyl groups is 2. The predicted molar refractivity (Wildman–Crippen MR) is 52.3 cm³/mol. The summed E-state index contributed by atoms with van der Waals surface area (Å²) in [6.45, 7) is 6.22. The summed E-state index contributed by atoms with van der Waals surface area (Å²) in [7, 11) is 0. The molecule has 82 valence electrons. The first-order valence-electron chi connectivity index (χ1n) is 4.37. The Kier molecular flexibility index (Phi) is 5.09. The minimum absolute atomic E-state index is 0.372. The van der Waals surface area contributed by atoms with Crippen LogP contribution >= 0.6 is 0 Å². The van der Waals surface area contributed by atoms with E-state index >= 15 is 0 Å². The summed E-state index contributed by atoms with van der Waals surface area (Å²) in [5, 5.41) is 17.1. The van der Waals surface area contributed by atoms with Gasteiger partial charge < -0.3 is 19.7 Å². The SMILES string of the molecule is CC(C)(C#CC(C)(C)OCO)OCO. The van der Waals surface area contributed by atoms with Crippen LogP contribution in [0.25, 0.3) is 0 Å². The molecule has 0 radical (unpaired) electrons. The third-order valence-corrected chi connectivity index (χ3v) is 1.52. The number of hydrogen-bond acceptors (Lipinski definition) is 4. The van der Waals surface area contributed by atoms with Gasteiger partial charge in [0.2, 0.25) is 0 Å². The number of hydrogen-bond donors (Lipinski definition) is 2. The molecular weight excluding hydrogens is 184 g/mol. The summed E-state index contributed by atoms with van der Waals surface area (Å²) < 4.78 is 9.93. The maximum atomic E-state index is 8.57. The van der Waals surface area contributed by atoms with Crippen molar-refractivity contribution in [1.82, 2.24) is 0 Å². The summed E-state index contributed by atoms with van der Waals surface area (Å²) in [5.41, 5.74) is -1.43. The Hall–Kier alpha value is -0.600. The second-order valence-corrected chi connectivity index (χ2v) is 3.82. The minimum atomic E-state index is -0.717. The first-order valence-corrected chi connectivity index (χ1v) is 4.37. The van der Waals surface area contributed by atoms with E-state index in [2.05, 4.69) is 11.8 Å². The molecule has 0 bridgehead atoms. The van der Waals surface area contributed by atoms with Gasteiger partial charge in [-0.2, -0.15) is 0 Å². The zero-order valence-corrected chi connectivity index (χ0v) is 9.13. The Morgan fingerprint density at radius 2 is 1.14 bits per heavy atom. The van der Waals surface area contributed by atoms with Crippen molar-refractivity contribution < 1.29 is 19.7 Å². The van der Waals surface area contributed by atoms with Gasteiger partial charge in [0.15, 0.2) is 0 Å². The topological polar surface area (TPSA) is 58.9 Å². The molecule has 0 aliphatic rings. The molecule has 2 N–H and O–H groups in total. The van der Waals surface area contributed by atoms with Gasteiger partial charge in [0.05, 0.1) is 0 Å². The summed E-state index contributed by atoms with van der Waals surface area (Å²) in [6, 6.07) is 0. The third-order valence-electron chi connectivity index (χ3n) is 1.52. The van der Waals surface area contributed by atoms with Gasteiger partial charge in [-0.05, 0) is 27.7 Å². The molecule has 0 amide bonds. The maximum absolute atomic E-state index is 8.57. The smallest absolute Gasteiger partial charge is 0.145 e. The molecule has 0 spiro atoms. The van der Waals surface area contributed by atoms with Crippen LogP contribution in [-0.2, 0) is 9.47 Å². The molecule has 0 aromatic rings. The van der Waals surface area contributed by atoms with Crippen LogP contribution in [0.4, 0.5) is 0 Å². The van der Waals surface area contributed by atoms with Crippen LogP contribution in [0.2, 0.25) is 0 Å². The first kappa shape index (κ1) is 13.4. The van der Waals surface area contributed by atoms with E-state index in [0.717, 1.165) is 0 Å². The zero-order chi connectivity index (χ0) is 11.2. The molecule has 0 aliphatic carbocycles. The highest BCUT2D eigenvalue weighted by Crippen LogP contribution is 2.10. The normalized spacial score (nSPS) is 12.1. The second kappa shape index (κ2) is 5.32. The van der Waals surface area contributed by atoms with E-state index < -0.39 is 11.2 Å². The van der Waals surface area contributed by atoms with Crippen LogP contribution in [0, 0.1) is 11.8 Å². The molecule has 0 rings (SSSR count). The predicted octanol–water partition coefficient (Wildman–Crippen LogP) is 0.480. The fraction of sp³-hybridized carbons (Fsp3) is 0.800. The van der Waals surface area contributed by atoms with Crippen LogP contribution < -0.4 is 0 Å². The molecule has 0 aliphatic heterocycles. The van der Waals surface area contributed by atoms with Crippen LogP contribution in [0.1, 0.15) is 27.7 Å². The van der Waals surface area contributed by atoms with Crippen LogP contribution in [0.3, 0.4) is 0 Å². The Morgan fingerprint density at radius 3 is 1.36 bits per heavy atom. The van der Waals surface area contributed by atoms with Crippen molar-refractivity contribution in [3.8, 4) is 11.8 Å². The quantitative estimate of drug-likeness (QED) is 0.514. The molecule has 0 aromatic carbocycles. The second-order valence-electron chi connectivity index (χ2n) is 3.82. The van der Waals surface area contributed by atoms with Gasteiger partial charge in [-0.3, -0.25) is 0 Å². The third kappa shape index (κ3) is 5.95. The van der Waals surface area contributed by atoms with E-state index in [1.807, 2.05) is 0 Å². The van der Waals surface area contributed by atoms with Crippen LogP contribution in [0.5, 0.6) is 0 Å². The molecule has 0 heterocycles. The lowest BCUT2D eigenvalue weighted by Crippen LogP contribution is -2.27. The van der Waals surface area contributed by atoms with Crippen molar-refractivity contribution in [2.45, 2.75) is 38.9 Å². The number of rotatable bonds is 4. The van der Waals surface area contributed by atoms with Crippen molar-refractivity contribution >= 4 is 0 Å². The Labute approximate surface area is 84.8 Å².